The van der Waals surface area contributed by atoms with Crippen LogP contribution >= 0.6 is 0 Å². The van der Waals surface area contributed by atoms with Crippen molar-refractivity contribution in [1.82, 2.24) is 9.88 Å². The monoisotopic (exact) mass is 402 g/mol. The summed E-state index contributed by atoms with van der Waals surface area (Å²) < 4.78 is 5.90. The number of rotatable bonds is 5. The molecule has 0 radical (unpaired) electrons. The number of piperidine rings is 1. The first-order valence-electron chi connectivity index (χ1n) is 11.0. The Morgan fingerprint density at radius 3 is 2.63 bits per heavy atom. The number of likely N-dealkylation sites (tertiary alicyclic amines) is 1. The van der Waals surface area contributed by atoms with Gasteiger partial charge in [-0.05, 0) is 61.4 Å². The van der Waals surface area contributed by atoms with E-state index >= 15 is 0 Å². The van der Waals surface area contributed by atoms with Crippen molar-refractivity contribution in [1.29, 1.82) is 0 Å². The minimum atomic E-state index is 0.0689. The molecule has 0 unspecified atom stereocenters. The SMILES string of the molecule is O=C(CCC(=O)N1CCC(c2nc3ccccc3o2)CC1)c1ccc2c(c1)CCC2. The van der Waals surface area contributed by atoms with E-state index in [1.165, 1.54) is 17.5 Å². The third-order valence-corrected chi connectivity index (χ3v) is 6.49. The van der Waals surface area contributed by atoms with E-state index in [1.807, 2.05) is 41.3 Å². The van der Waals surface area contributed by atoms with Gasteiger partial charge in [-0.2, -0.15) is 0 Å². The summed E-state index contributed by atoms with van der Waals surface area (Å²) in [4.78, 5) is 31.7. The molecule has 5 nitrogen and oxygen atoms in total. The first kappa shape index (κ1) is 19.0. The molecule has 1 fully saturated rings. The number of amides is 1. The Morgan fingerprint density at radius 1 is 1.00 bits per heavy atom. The normalized spacial score (nSPS) is 16.7. The van der Waals surface area contributed by atoms with Crippen LogP contribution in [0.4, 0.5) is 0 Å². The molecule has 1 amide bonds. The van der Waals surface area contributed by atoms with Crippen LogP contribution in [0.2, 0.25) is 0 Å². The van der Waals surface area contributed by atoms with Gasteiger partial charge in [-0.15, -0.1) is 0 Å². The zero-order valence-corrected chi connectivity index (χ0v) is 17.1. The summed E-state index contributed by atoms with van der Waals surface area (Å²) in [6, 6.07) is 13.8. The molecule has 0 atom stereocenters. The molecular weight excluding hydrogens is 376 g/mol. The lowest BCUT2D eigenvalue weighted by molar-refractivity contribution is -0.132. The van der Waals surface area contributed by atoms with Gasteiger partial charge in [-0.25, -0.2) is 4.98 Å². The fourth-order valence-electron chi connectivity index (χ4n) is 4.71. The first-order chi connectivity index (χ1) is 14.7. The van der Waals surface area contributed by atoms with Crippen molar-refractivity contribution in [3.63, 3.8) is 0 Å². The second-order valence-electron chi connectivity index (χ2n) is 8.44. The summed E-state index contributed by atoms with van der Waals surface area (Å²) >= 11 is 0. The number of fused-ring (bicyclic) bond motifs is 2. The van der Waals surface area contributed by atoms with E-state index in [4.69, 9.17) is 4.42 Å². The molecule has 5 rings (SSSR count). The molecule has 1 aromatic heterocycles. The van der Waals surface area contributed by atoms with Crippen LogP contribution in [-0.2, 0) is 17.6 Å². The predicted molar refractivity (Wildman–Crippen MR) is 115 cm³/mol. The molecule has 1 aliphatic heterocycles. The summed E-state index contributed by atoms with van der Waals surface area (Å²) in [5.41, 5.74) is 5.11. The Bertz CT molecular complexity index is 1060. The van der Waals surface area contributed by atoms with Gasteiger partial charge in [-0.3, -0.25) is 9.59 Å². The minimum absolute atomic E-state index is 0.0689. The maximum Gasteiger partial charge on any atom is 0.223 e. The second-order valence-corrected chi connectivity index (χ2v) is 8.44. The molecule has 1 aliphatic carbocycles. The van der Waals surface area contributed by atoms with E-state index in [-0.39, 0.29) is 30.4 Å². The van der Waals surface area contributed by atoms with Gasteiger partial charge in [0.15, 0.2) is 17.3 Å². The summed E-state index contributed by atoms with van der Waals surface area (Å²) in [5, 5.41) is 0. The molecule has 3 aromatic rings. The average Bonchev–Trinajstić information content (AvgIpc) is 3.43. The van der Waals surface area contributed by atoms with Crippen LogP contribution in [-0.4, -0.2) is 34.7 Å². The van der Waals surface area contributed by atoms with E-state index in [0.717, 1.165) is 48.2 Å². The van der Waals surface area contributed by atoms with Crippen molar-refractivity contribution in [3.8, 4) is 0 Å². The summed E-state index contributed by atoms with van der Waals surface area (Å²) in [7, 11) is 0. The minimum Gasteiger partial charge on any atom is -0.440 e. The Morgan fingerprint density at radius 2 is 1.80 bits per heavy atom. The predicted octanol–water partition coefficient (Wildman–Crippen LogP) is 4.69. The van der Waals surface area contributed by atoms with Crippen LogP contribution in [0, 0.1) is 0 Å². The number of aryl methyl sites for hydroxylation is 2. The highest BCUT2D eigenvalue weighted by Gasteiger charge is 2.27. The number of benzene rings is 2. The topological polar surface area (TPSA) is 63.4 Å². The number of aromatic nitrogens is 1. The van der Waals surface area contributed by atoms with E-state index in [0.29, 0.717) is 13.1 Å². The third kappa shape index (κ3) is 3.76. The number of ketones is 1. The molecule has 154 valence electrons. The van der Waals surface area contributed by atoms with E-state index in [2.05, 4.69) is 11.1 Å². The average molecular weight is 402 g/mol. The number of hydrogen-bond donors (Lipinski definition) is 0. The Balaban J connectivity index is 1.14. The van der Waals surface area contributed by atoms with Crippen LogP contribution in [0.15, 0.2) is 46.9 Å². The van der Waals surface area contributed by atoms with Gasteiger partial charge in [0.25, 0.3) is 0 Å². The van der Waals surface area contributed by atoms with Gasteiger partial charge in [0, 0.05) is 37.4 Å². The van der Waals surface area contributed by atoms with E-state index < -0.39 is 0 Å². The highest BCUT2D eigenvalue weighted by molar-refractivity contribution is 5.98. The molecule has 0 N–H and O–H groups in total. The first-order valence-corrected chi connectivity index (χ1v) is 11.0. The van der Waals surface area contributed by atoms with Gasteiger partial charge in [0.2, 0.25) is 5.91 Å². The fraction of sp³-hybridized carbons (Fsp3) is 0.400. The molecule has 0 spiro atoms. The van der Waals surface area contributed by atoms with Crippen molar-refractivity contribution < 1.29 is 14.0 Å². The lowest BCUT2D eigenvalue weighted by Gasteiger charge is -2.30. The lowest BCUT2D eigenvalue weighted by atomic mass is 9.96. The summed E-state index contributed by atoms with van der Waals surface area (Å²) in [5.74, 6) is 1.16. The number of carbonyl (C=O) groups is 2. The number of carbonyl (C=O) groups excluding carboxylic acids is 2. The van der Waals surface area contributed by atoms with Crippen molar-refractivity contribution in [2.45, 2.75) is 50.9 Å². The third-order valence-electron chi connectivity index (χ3n) is 6.49. The van der Waals surface area contributed by atoms with Gasteiger partial charge in [0.1, 0.15) is 5.52 Å². The molecule has 0 bridgehead atoms. The standard InChI is InChI=1S/C25H26N2O3/c28-22(20-9-8-17-4-3-5-19(17)16-20)10-11-24(29)27-14-12-18(13-15-27)25-26-21-6-1-2-7-23(21)30-25/h1-2,6-9,16,18H,3-5,10-15H2. The Hall–Kier alpha value is -2.95. The maximum atomic E-state index is 12.6. The van der Waals surface area contributed by atoms with Crippen molar-refractivity contribution >= 4 is 22.8 Å². The van der Waals surface area contributed by atoms with E-state index in [1.54, 1.807) is 0 Å². The van der Waals surface area contributed by atoms with Crippen LogP contribution in [0.3, 0.4) is 0 Å². The molecular formula is C25H26N2O3. The molecule has 30 heavy (non-hydrogen) atoms. The van der Waals surface area contributed by atoms with Crippen LogP contribution < -0.4 is 0 Å². The number of hydrogen-bond acceptors (Lipinski definition) is 4. The number of Topliss-reactive ketones (excluding diaryl/α,β-unsaturated/α-hetero) is 1. The van der Waals surface area contributed by atoms with Gasteiger partial charge in [-0.1, -0.05) is 24.3 Å². The summed E-state index contributed by atoms with van der Waals surface area (Å²) in [6.45, 7) is 1.38. The highest BCUT2D eigenvalue weighted by atomic mass is 16.3. The molecule has 2 heterocycles. The maximum absolute atomic E-state index is 12.6. The van der Waals surface area contributed by atoms with Gasteiger partial charge < -0.3 is 9.32 Å². The zero-order chi connectivity index (χ0) is 20.5. The van der Waals surface area contributed by atoms with Crippen molar-refractivity contribution in [2.75, 3.05) is 13.1 Å². The number of nitrogens with zero attached hydrogens (tertiary/aromatic N) is 2. The van der Waals surface area contributed by atoms with Gasteiger partial charge in [0.05, 0.1) is 0 Å². The lowest BCUT2D eigenvalue weighted by Crippen LogP contribution is -2.38. The van der Waals surface area contributed by atoms with Crippen LogP contribution in [0.25, 0.3) is 11.1 Å². The van der Waals surface area contributed by atoms with Gasteiger partial charge >= 0.3 is 0 Å². The highest BCUT2D eigenvalue weighted by Crippen LogP contribution is 2.30. The second kappa shape index (κ2) is 8.05. The zero-order valence-electron chi connectivity index (χ0n) is 17.1. The van der Waals surface area contributed by atoms with Crippen molar-refractivity contribution in [3.05, 3.63) is 65.0 Å². The Labute approximate surface area is 176 Å². The fourth-order valence-corrected chi connectivity index (χ4v) is 4.71. The Kier molecular flexibility index (Phi) is 5.11. The molecule has 1 saturated heterocycles. The number of oxazole rings is 1. The molecule has 5 heteroatoms. The van der Waals surface area contributed by atoms with Crippen molar-refractivity contribution in [2.24, 2.45) is 0 Å². The van der Waals surface area contributed by atoms with Crippen LogP contribution in [0.5, 0.6) is 0 Å². The molecule has 2 aromatic carbocycles. The molecule has 0 saturated carbocycles. The number of para-hydroxylation sites is 2. The smallest absolute Gasteiger partial charge is 0.223 e. The largest absolute Gasteiger partial charge is 0.440 e. The molecule has 2 aliphatic rings. The summed E-state index contributed by atoms with van der Waals surface area (Å²) in [6.07, 6.45) is 5.60. The quantitative estimate of drug-likeness (QED) is 0.581. The van der Waals surface area contributed by atoms with E-state index in [9.17, 15) is 9.59 Å². The van der Waals surface area contributed by atoms with Crippen LogP contribution in [0.1, 0.15) is 65.4 Å².